The molecule has 1 N–H and O–H groups in total. The minimum atomic E-state index is -0.438. The quantitative estimate of drug-likeness (QED) is 0.861. The maximum absolute atomic E-state index is 12.9. The molecule has 4 rings (SSSR count). The fourth-order valence-electron chi connectivity index (χ4n) is 3.70. The first-order chi connectivity index (χ1) is 13.6. The summed E-state index contributed by atoms with van der Waals surface area (Å²) >= 11 is 0. The molecule has 1 atom stereocenters. The highest BCUT2D eigenvalue weighted by atomic mass is 16.5. The van der Waals surface area contributed by atoms with Crippen molar-refractivity contribution in [3.8, 4) is 5.75 Å². The van der Waals surface area contributed by atoms with E-state index in [-0.39, 0.29) is 24.8 Å². The third-order valence-electron chi connectivity index (χ3n) is 5.34. The molecule has 0 aromatic heterocycles. The van der Waals surface area contributed by atoms with E-state index in [9.17, 15) is 9.59 Å². The van der Waals surface area contributed by atoms with E-state index in [4.69, 9.17) is 9.47 Å². The third-order valence-corrected chi connectivity index (χ3v) is 5.34. The fourth-order valence-corrected chi connectivity index (χ4v) is 3.70. The monoisotopic (exact) mass is 380 g/mol. The van der Waals surface area contributed by atoms with Crippen LogP contribution in [0.3, 0.4) is 0 Å². The average molecular weight is 380 g/mol. The molecule has 6 nitrogen and oxygen atoms in total. The molecule has 1 unspecified atom stereocenters. The number of rotatable bonds is 5. The number of amides is 2. The summed E-state index contributed by atoms with van der Waals surface area (Å²) in [4.78, 5) is 26.0. The van der Waals surface area contributed by atoms with Crippen molar-refractivity contribution < 1.29 is 19.1 Å². The summed E-state index contributed by atoms with van der Waals surface area (Å²) in [6.45, 7) is 2.15. The Balaban J connectivity index is 1.38. The number of morpholine rings is 1. The number of carbonyl (C=O) groups is 2. The van der Waals surface area contributed by atoms with Gasteiger partial charge < -0.3 is 19.7 Å². The second-order valence-electron chi connectivity index (χ2n) is 7.37. The lowest BCUT2D eigenvalue weighted by molar-refractivity contribution is -0.143. The van der Waals surface area contributed by atoms with Crippen LogP contribution in [0.2, 0.25) is 0 Å². The Hall–Kier alpha value is -2.86. The Morgan fingerprint density at radius 3 is 2.71 bits per heavy atom. The van der Waals surface area contributed by atoms with E-state index in [1.165, 1.54) is 0 Å². The van der Waals surface area contributed by atoms with Crippen molar-refractivity contribution >= 4 is 11.8 Å². The molecule has 2 aliphatic rings. The molecular formula is C22H24N2O4. The van der Waals surface area contributed by atoms with Gasteiger partial charge in [0.2, 0.25) is 11.8 Å². The zero-order chi connectivity index (χ0) is 19.4. The molecular weight excluding hydrogens is 356 g/mol. The second kappa shape index (κ2) is 8.02. The summed E-state index contributed by atoms with van der Waals surface area (Å²) in [5.41, 5.74) is 1.52. The van der Waals surface area contributed by atoms with Crippen molar-refractivity contribution in [3.63, 3.8) is 0 Å². The van der Waals surface area contributed by atoms with Gasteiger partial charge >= 0.3 is 0 Å². The van der Waals surface area contributed by atoms with Crippen LogP contribution < -0.4 is 10.1 Å². The molecule has 0 aliphatic carbocycles. The molecule has 2 aromatic rings. The molecule has 0 radical (unpaired) electrons. The highest BCUT2D eigenvalue weighted by Gasteiger charge is 2.43. The first kappa shape index (κ1) is 18.5. The molecule has 0 bridgehead atoms. The number of likely N-dealkylation sites (tertiary alicyclic amines) is 1. The lowest BCUT2D eigenvalue weighted by Crippen LogP contribution is -2.54. The lowest BCUT2D eigenvalue weighted by atomic mass is 10.0. The van der Waals surface area contributed by atoms with Gasteiger partial charge in [-0.15, -0.1) is 0 Å². The van der Waals surface area contributed by atoms with E-state index in [0.29, 0.717) is 26.2 Å². The van der Waals surface area contributed by atoms with Gasteiger partial charge in [-0.3, -0.25) is 9.59 Å². The number of para-hydroxylation sites is 1. The van der Waals surface area contributed by atoms with Gasteiger partial charge in [-0.1, -0.05) is 48.5 Å². The van der Waals surface area contributed by atoms with Gasteiger partial charge in [-0.05, 0) is 18.1 Å². The zero-order valence-electron chi connectivity index (χ0n) is 15.7. The SMILES string of the molecule is O=C1COC2(CCN(C(=O)Cc3ccccc3OCc3ccccc3)C2)CN1. The van der Waals surface area contributed by atoms with Crippen LogP contribution in [0.15, 0.2) is 54.6 Å². The molecule has 28 heavy (non-hydrogen) atoms. The third kappa shape index (κ3) is 4.17. The largest absolute Gasteiger partial charge is 0.489 e. The summed E-state index contributed by atoms with van der Waals surface area (Å²) in [7, 11) is 0. The average Bonchev–Trinajstić information content (AvgIpc) is 3.15. The molecule has 146 valence electrons. The van der Waals surface area contributed by atoms with Crippen LogP contribution in [0.1, 0.15) is 17.5 Å². The summed E-state index contributed by atoms with van der Waals surface area (Å²) in [5.74, 6) is 0.683. The molecule has 6 heteroatoms. The topological polar surface area (TPSA) is 67.9 Å². The normalized spacial score (nSPS) is 21.6. The predicted molar refractivity (Wildman–Crippen MR) is 104 cm³/mol. The van der Waals surface area contributed by atoms with E-state index < -0.39 is 5.60 Å². The number of benzene rings is 2. The highest BCUT2D eigenvalue weighted by molar-refractivity contribution is 5.80. The summed E-state index contributed by atoms with van der Waals surface area (Å²) in [6, 6.07) is 17.6. The number of nitrogens with zero attached hydrogens (tertiary/aromatic N) is 1. The van der Waals surface area contributed by atoms with E-state index in [0.717, 1.165) is 23.3 Å². The predicted octanol–water partition coefficient (Wildman–Crippen LogP) is 1.93. The van der Waals surface area contributed by atoms with E-state index in [1.807, 2.05) is 59.5 Å². The van der Waals surface area contributed by atoms with Crippen LogP contribution in [-0.2, 0) is 27.4 Å². The van der Waals surface area contributed by atoms with Crippen molar-refractivity contribution in [2.24, 2.45) is 0 Å². The molecule has 2 aromatic carbocycles. The minimum Gasteiger partial charge on any atom is -0.489 e. The Bertz CT molecular complexity index is 843. The molecule has 0 saturated carbocycles. The number of hydrogen-bond donors (Lipinski definition) is 1. The van der Waals surface area contributed by atoms with Gasteiger partial charge in [-0.2, -0.15) is 0 Å². The van der Waals surface area contributed by atoms with Gasteiger partial charge in [0, 0.05) is 18.7 Å². The van der Waals surface area contributed by atoms with Crippen LogP contribution >= 0.6 is 0 Å². The van der Waals surface area contributed by atoms with Gasteiger partial charge in [0.25, 0.3) is 0 Å². The van der Waals surface area contributed by atoms with Crippen LogP contribution in [0.25, 0.3) is 0 Å². The Labute approximate surface area is 164 Å². The van der Waals surface area contributed by atoms with Crippen LogP contribution in [0.5, 0.6) is 5.75 Å². The van der Waals surface area contributed by atoms with Crippen LogP contribution in [0, 0.1) is 0 Å². The Morgan fingerprint density at radius 2 is 1.93 bits per heavy atom. The molecule has 1 spiro atoms. The number of ether oxygens (including phenoxy) is 2. The van der Waals surface area contributed by atoms with E-state index >= 15 is 0 Å². The van der Waals surface area contributed by atoms with Gasteiger partial charge in [0.1, 0.15) is 24.6 Å². The highest BCUT2D eigenvalue weighted by Crippen LogP contribution is 2.28. The van der Waals surface area contributed by atoms with E-state index in [1.54, 1.807) is 0 Å². The summed E-state index contributed by atoms with van der Waals surface area (Å²) in [5, 5.41) is 2.84. The van der Waals surface area contributed by atoms with Crippen molar-refractivity contribution in [2.75, 3.05) is 26.2 Å². The van der Waals surface area contributed by atoms with Gasteiger partial charge in [0.15, 0.2) is 0 Å². The maximum Gasteiger partial charge on any atom is 0.246 e. The standard InChI is InChI=1S/C22H24N2O4/c25-20-14-28-22(15-23-20)10-11-24(16-22)21(26)12-18-8-4-5-9-19(18)27-13-17-6-2-1-3-7-17/h1-9H,10-16H2,(H,23,25). The number of nitrogens with one attached hydrogen (secondary N) is 1. The molecule has 2 amide bonds. The summed E-state index contributed by atoms with van der Waals surface area (Å²) < 4.78 is 11.7. The fraction of sp³-hybridized carbons (Fsp3) is 0.364. The Kier molecular flexibility index (Phi) is 5.30. The number of carbonyl (C=O) groups excluding carboxylic acids is 2. The maximum atomic E-state index is 12.9. The van der Waals surface area contributed by atoms with Crippen molar-refractivity contribution in [2.45, 2.75) is 25.0 Å². The Morgan fingerprint density at radius 1 is 1.14 bits per heavy atom. The molecule has 2 aliphatic heterocycles. The van der Waals surface area contributed by atoms with Crippen molar-refractivity contribution in [3.05, 3.63) is 65.7 Å². The molecule has 2 heterocycles. The van der Waals surface area contributed by atoms with Crippen molar-refractivity contribution in [1.82, 2.24) is 10.2 Å². The molecule has 2 saturated heterocycles. The number of hydrogen-bond acceptors (Lipinski definition) is 4. The first-order valence-corrected chi connectivity index (χ1v) is 9.57. The molecule has 2 fully saturated rings. The zero-order valence-corrected chi connectivity index (χ0v) is 15.7. The summed E-state index contributed by atoms with van der Waals surface area (Å²) in [6.07, 6.45) is 1.03. The van der Waals surface area contributed by atoms with Gasteiger partial charge in [0.05, 0.1) is 13.0 Å². The lowest BCUT2D eigenvalue weighted by Gasteiger charge is -2.33. The second-order valence-corrected chi connectivity index (χ2v) is 7.37. The minimum absolute atomic E-state index is 0.0492. The van der Waals surface area contributed by atoms with Crippen molar-refractivity contribution in [1.29, 1.82) is 0 Å². The smallest absolute Gasteiger partial charge is 0.246 e. The van der Waals surface area contributed by atoms with E-state index in [2.05, 4.69) is 5.32 Å². The van der Waals surface area contributed by atoms with Gasteiger partial charge in [-0.25, -0.2) is 0 Å². The van der Waals surface area contributed by atoms with Crippen LogP contribution in [-0.4, -0.2) is 48.6 Å². The van der Waals surface area contributed by atoms with Crippen LogP contribution in [0.4, 0.5) is 0 Å². The first-order valence-electron chi connectivity index (χ1n) is 9.57.